The van der Waals surface area contributed by atoms with Gasteiger partial charge < -0.3 is 9.72 Å². The quantitative estimate of drug-likeness (QED) is 0.667. The minimum absolute atomic E-state index is 0.0203. The molecule has 0 spiro atoms. The molecule has 1 unspecified atom stereocenters. The number of aromatic amines is 1. The maximum atomic E-state index is 13.6. The number of hydrazine groups is 1. The minimum Gasteiger partial charge on any atom is -0.497 e. The first-order valence-electron chi connectivity index (χ1n) is 12.5. The molecule has 6 nitrogen and oxygen atoms in total. The Kier molecular flexibility index (Phi) is 5.63. The van der Waals surface area contributed by atoms with E-state index >= 15 is 0 Å². The van der Waals surface area contributed by atoms with E-state index in [0.29, 0.717) is 11.8 Å². The molecule has 6 heteroatoms. The zero-order chi connectivity index (χ0) is 24.4. The summed E-state index contributed by atoms with van der Waals surface area (Å²) in [5, 5.41) is 3.05. The number of methoxy groups -OCH3 is 1. The molecule has 1 N–H and O–H groups in total. The van der Waals surface area contributed by atoms with Crippen molar-refractivity contribution < 1.29 is 14.3 Å². The van der Waals surface area contributed by atoms with Crippen molar-refractivity contribution in [2.45, 2.75) is 58.3 Å². The number of aromatic nitrogens is 1. The van der Waals surface area contributed by atoms with E-state index < -0.39 is 0 Å². The number of carbonyl (C=O) groups is 2. The van der Waals surface area contributed by atoms with Gasteiger partial charge in [0.25, 0.3) is 5.91 Å². The van der Waals surface area contributed by atoms with Crippen LogP contribution >= 0.6 is 0 Å². The van der Waals surface area contributed by atoms with E-state index in [2.05, 4.69) is 44.0 Å². The highest BCUT2D eigenvalue weighted by molar-refractivity contribution is 6.08. The summed E-state index contributed by atoms with van der Waals surface area (Å²) >= 11 is 0. The summed E-state index contributed by atoms with van der Waals surface area (Å²) < 4.78 is 5.29. The average molecular weight is 464 g/mol. The van der Waals surface area contributed by atoms with Gasteiger partial charge in [0, 0.05) is 37.8 Å². The molecule has 1 saturated carbocycles. The van der Waals surface area contributed by atoms with E-state index in [1.54, 1.807) is 26.2 Å². The van der Waals surface area contributed by atoms with E-state index in [1.807, 2.05) is 12.1 Å². The first-order chi connectivity index (χ1) is 16.1. The number of H-pyrrole nitrogens is 1. The van der Waals surface area contributed by atoms with Crippen molar-refractivity contribution in [1.29, 1.82) is 0 Å². The molecule has 2 heterocycles. The molecular formula is C28H37N3O3. The van der Waals surface area contributed by atoms with Crippen molar-refractivity contribution in [3.8, 4) is 5.75 Å². The SMILES string of the molecule is COc1ccc(Cc2cc3c([nH]2)[C@@H]2CCC(C(C)(C)C)C[C@@H]2[C@@H]2C(=O)N(N(C)C)C(=O)[C@H]32)cc1. The lowest BCUT2D eigenvalue weighted by atomic mass is 9.57. The van der Waals surface area contributed by atoms with E-state index in [-0.39, 0.29) is 35.0 Å². The number of carbonyl (C=O) groups excluding carboxylic acids is 2. The number of hydrogen-bond donors (Lipinski definition) is 1. The van der Waals surface area contributed by atoms with Crippen molar-refractivity contribution in [2.75, 3.05) is 21.2 Å². The number of fused-ring (bicyclic) bond motifs is 6. The highest BCUT2D eigenvalue weighted by Gasteiger charge is 2.59. The predicted octanol–water partition coefficient (Wildman–Crippen LogP) is 4.72. The summed E-state index contributed by atoms with van der Waals surface area (Å²) in [7, 11) is 5.25. The lowest BCUT2D eigenvalue weighted by Gasteiger charge is -2.46. The molecule has 3 aliphatic rings. The Morgan fingerprint density at radius 3 is 2.41 bits per heavy atom. The Hall–Kier alpha value is -2.60. The third-order valence-corrected chi connectivity index (χ3v) is 8.51. The Morgan fingerprint density at radius 2 is 1.79 bits per heavy atom. The lowest BCUT2D eigenvalue weighted by molar-refractivity contribution is -0.154. The number of benzene rings is 1. The van der Waals surface area contributed by atoms with Crippen molar-refractivity contribution in [3.63, 3.8) is 0 Å². The molecule has 1 aromatic heterocycles. The van der Waals surface area contributed by atoms with Crippen LogP contribution in [0.2, 0.25) is 0 Å². The summed E-state index contributed by atoms with van der Waals surface area (Å²) in [6, 6.07) is 10.3. The van der Waals surface area contributed by atoms with Crippen LogP contribution in [0.3, 0.4) is 0 Å². The lowest BCUT2D eigenvalue weighted by Crippen LogP contribution is -2.44. The molecule has 1 saturated heterocycles. The van der Waals surface area contributed by atoms with E-state index in [0.717, 1.165) is 42.7 Å². The van der Waals surface area contributed by atoms with Gasteiger partial charge in [-0.15, -0.1) is 0 Å². The molecule has 34 heavy (non-hydrogen) atoms. The fourth-order valence-electron chi connectivity index (χ4n) is 6.75. The molecule has 2 amide bonds. The van der Waals surface area contributed by atoms with Crippen LogP contribution in [0.4, 0.5) is 0 Å². The largest absolute Gasteiger partial charge is 0.497 e. The normalized spacial score (nSPS) is 28.7. The molecule has 182 valence electrons. The molecule has 0 bridgehead atoms. The minimum atomic E-state index is -0.384. The monoisotopic (exact) mass is 463 g/mol. The molecule has 5 atom stereocenters. The highest BCUT2D eigenvalue weighted by Crippen LogP contribution is 2.58. The third-order valence-electron chi connectivity index (χ3n) is 8.51. The zero-order valence-electron chi connectivity index (χ0n) is 21.2. The first-order valence-corrected chi connectivity index (χ1v) is 12.5. The summed E-state index contributed by atoms with van der Waals surface area (Å²) in [4.78, 5) is 30.9. The van der Waals surface area contributed by atoms with Gasteiger partial charge in [-0.2, -0.15) is 0 Å². The van der Waals surface area contributed by atoms with Crippen LogP contribution in [0.15, 0.2) is 30.3 Å². The van der Waals surface area contributed by atoms with Crippen LogP contribution in [-0.2, 0) is 16.0 Å². The Balaban J connectivity index is 1.54. The fraction of sp³-hybridized carbons (Fsp3) is 0.571. The molecule has 1 aliphatic heterocycles. The summed E-state index contributed by atoms with van der Waals surface area (Å²) in [6.07, 6.45) is 3.99. The van der Waals surface area contributed by atoms with Crippen LogP contribution in [0.5, 0.6) is 5.75 Å². The standard InChI is InChI=1S/C28H37N3O3/c1-28(2,3)17-9-12-20-21(14-17)23-24(27(33)31(26(23)32)30(4)5)22-15-18(29-25(20)22)13-16-7-10-19(34-6)11-8-16/h7-8,10-11,15,17,20-21,23-24,29H,9,12-14H2,1-6H3/t17?,20-,21+,23+,24-/m1/s1. The number of imide groups is 1. The van der Waals surface area contributed by atoms with Gasteiger partial charge in [-0.05, 0) is 65.8 Å². The maximum Gasteiger partial charge on any atom is 0.252 e. The Morgan fingerprint density at radius 1 is 1.09 bits per heavy atom. The average Bonchev–Trinajstić information content (AvgIpc) is 3.31. The molecular weight excluding hydrogens is 426 g/mol. The second-order valence-corrected chi connectivity index (χ2v) is 11.7. The molecule has 2 aromatic rings. The molecule has 1 aromatic carbocycles. The van der Waals surface area contributed by atoms with E-state index in [4.69, 9.17) is 4.74 Å². The van der Waals surface area contributed by atoms with Crippen LogP contribution in [0, 0.1) is 23.2 Å². The van der Waals surface area contributed by atoms with Gasteiger partial charge in [0.1, 0.15) is 5.75 Å². The molecule has 2 fully saturated rings. The Labute approximate surface area is 202 Å². The van der Waals surface area contributed by atoms with Crippen LogP contribution < -0.4 is 4.74 Å². The first kappa shape index (κ1) is 23.2. The second-order valence-electron chi connectivity index (χ2n) is 11.7. The van der Waals surface area contributed by atoms with Crippen LogP contribution in [-0.4, -0.2) is 48.0 Å². The van der Waals surface area contributed by atoms with Gasteiger partial charge >= 0.3 is 0 Å². The maximum absolute atomic E-state index is 13.6. The Bertz CT molecular complexity index is 1100. The molecule has 2 aliphatic carbocycles. The van der Waals surface area contributed by atoms with Gasteiger partial charge in [0.15, 0.2) is 0 Å². The number of hydrogen-bond acceptors (Lipinski definition) is 4. The van der Waals surface area contributed by atoms with E-state index in [9.17, 15) is 9.59 Å². The van der Waals surface area contributed by atoms with Crippen molar-refractivity contribution in [2.24, 2.45) is 23.2 Å². The number of rotatable bonds is 4. The fourth-order valence-corrected chi connectivity index (χ4v) is 6.75. The number of amides is 2. The predicted molar refractivity (Wildman–Crippen MR) is 131 cm³/mol. The highest BCUT2D eigenvalue weighted by atomic mass is 16.5. The molecule has 0 radical (unpaired) electrons. The van der Waals surface area contributed by atoms with Crippen molar-refractivity contribution in [1.82, 2.24) is 15.0 Å². The van der Waals surface area contributed by atoms with E-state index in [1.165, 1.54) is 16.3 Å². The third kappa shape index (κ3) is 3.67. The van der Waals surface area contributed by atoms with Crippen LogP contribution in [0.25, 0.3) is 0 Å². The van der Waals surface area contributed by atoms with Gasteiger partial charge in [0.2, 0.25) is 5.91 Å². The number of nitrogens with one attached hydrogen (secondary N) is 1. The van der Waals surface area contributed by atoms with Crippen LogP contribution in [0.1, 0.15) is 74.4 Å². The van der Waals surface area contributed by atoms with Gasteiger partial charge in [-0.3, -0.25) is 9.59 Å². The topological polar surface area (TPSA) is 65.6 Å². The molecule has 5 rings (SSSR count). The zero-order valence-corrected chi connectivity index (χ0v) is 21.2. The summed E-state index contributed by atoms with van der Waals surface area (Å²) in [5.74, 6) is 1.16. The van der Waals surface area contributed by atoms with Gasteiger partial charge in [-0.1, -0.05) is 32.9 Å². The van der Waals surface area contributed by atoms with Crippen molar-refractivity contribution >= 4 is 11.8 Å². The van der Waals surface area contributed by atoms with Gasteiger partial charge in [-0.25, -0.2) is 10.0 Å². The summed E-state index contributed by atoms with van der Waals surface area (Å²) in [5.41, 5.74) is 4.74. The smallest absolute Gasteiger partial charge is 0.252 e. The number of nitrogens with zero attached hydrogens (tertiary/aromatic N) is 2. The summed E-state index contributed by atoms with van der Waals surface area (Å²) in [6.45, 7) is 6.91. The second kappa shape index (κ2) is 8.26. The number of ether oxygens (including phenoxy) is 1. The van der Waals surface area contributed by atoms with Crippen molar-refractivity contribution in [3.05, 3.63) is 52.8 Å². The van der Waals surface area contributed by atoms with Gasteiger partial charge in [0.05, 0.1) is 18.9 Å².